The molecular formula is C30H33N7. The van der Waals surface area contributed by atoms with Crippen LogP contribution in [0.15, 0.2) is 48.9 Å². The summed E-state index contributed by atoms with van der Waals surface area (Å²) in [5, 5.41) is 14.5. The third-order valence-electron chi connectivity index (χ3n) is 7.19. The zero-order chi connectivity index (χ0) is 25.8. The highest BCUT2D eigenvalue weighted by Crippen LogP contribution is 2.32. The average molecular weight is 492 g/mol. The van der Waals surface area contributed by atoms with Crippen LogP contribution in [0.3, 0.4) is 0 Å². The van der Waals surface area contributed by atoms with Crippen molar-refractivity contribution in [1.29, 1.82) is 5.26 Å². The smallest absolute Gasteiger partial charge is 0.103 e. The first kappa shape index (κ1) is 24.7. The van der Waals surface area contributed by atoms with Gasteiger partial charge in [0, 0.05) is 66.1 Å². The van der Waals surface area contributed by atoms with Crippen LogP contribution >= 0.6 is 0 Å². The number of H-pyrrole nitrogens is 1. The van der Waals surface area contributed by atoms with Crippen LogP contribution in [0.2, 0.25) is 0 Å². The fourth-order valence-corrected chi connectivity index (χ4v) is 4.91. The maximum atomic E-state index is 9.82. The van der Waals surface area contributed by atoms with E-state index in [0.29, 0.717) is 5.56 Å². The summed E-state index contributed by atoms with van der Waals surface area (Å²) in [5.74, 6) is 0. The Morgan fingerprint density at radius 2 is 1.92 bits per heavy atom. The van der Waals surface area contributed by atoms with Crippen LogP contribution < -0.4 is 5.32 Å². The van der Waals surface area contributed by atoms with E-state index in [1.54, 1.807) is 6.20 Å². The molecule has 7 heteroatoms. The van der Waals surface area contributed by atoms with Crippen molar-refractivity contribution in [3.8, 4) is 6.07 Å². The van der Waals surface area contributed by atoms with Crippen LogP contribution in [0.5, 0.6) is 0 Å². The van der Waals surface area contributed by atoms with Crippen molar-refractivity contribution in [1.82, 2.24) is 24.8 Å². The van der Waals surface area contributed by atoms with Gasteiger partial charge in [0.05, 0.1) is 16.9 Å². The van der Waals surface area contributed by atoms with E-state index < -0.39 is 0 Å². The Balaban J connectivity index is 1.37. The molecule has 188 valence electrons. The zero-order valence-corrected chi connectivity index (χ0v) is 21.8. The van der Waals surface area contributed by atoms with E-state index in [1.807, 2.05) is 37.5 Å². The highest BCUT2D eigenvalue weighted by molar-refractivity contribution is 5.90. The van der Waals surface area contributed by atoms with Crippen LogP contribution in [-0.4, -0.2) is 58.0 Å². The van der Waals surface area contributed by atoms with Gasteiger partial charge >= 0.3 is 0 Å². The number of aromatic nitrogens is 3. The van der Waals surface area contributed by atoms with Crippen LogP contribution in [0.25, 0.3) is 23.1 Å². The molecule has 0 radical (unpaired) electrons. The van der Waals surface area contributed by atoms with E-state index in [0.717, 1.165) is 77.5 Å². The van der Waals surface area contributed by atoms with Crippen molar-refractivity contribution in [2.45, 2.75) is 26.8 Å². The lowest BCUT2D eigenvalue weighted by molar-refractivity contribution is 0.269. The molecule has 0 atom stereocenters. The molecule has 0 aliphatic carbocycles. The Morgan fingerprint density at radius 1 is 1.03 bits per heavy atom. The molecule has 5 rings (SSSR count). The second kappa shape index (κ2) is 11.0. The zero-order valence-electron chi connectivity index (χ0n) is 21.8. The molecule has 0 saturated carbocycles. The lowest BCUT2D eigenvalue weighted by Crippen LogP contribution is -2.28. The molecule has 0 amide bonds. The molecule has 4 heterocycles. The van der Waals surface area contributed by atoms with Crippen LogP contribution in [0.1, 0.15) is 40.1 Å². The summed E-state index contributed by atoms with van der Waals surface area (Å²) in [5.41, 5.74) is 8.27. The number of benzene rings is 1. The maximum absolute atomic E-state index is 9.82. The molecule has 1 aliphatic heterocycles. The summed E-state index contributed by atoms with van der Waals surface area (Å²) in [7, 11) is 2.19. The lowest BCUT2D eigenvalue weighted by atomic mass is 10.0. The van der Waals surface area contributed by atoms with Gasteiger partial charge < -0.3 is 15.2 Å². The third kappa shape index (κ3) is 5.56. The first-order valence-corrected chi connectivity index (χ1v) is 12.8. The summed E-state index contributed by atoms with van der Waals surface area (Å²) in [6.45, 7) is 9.46. The first-order chi connectivity index (χ1) is 18.0. The fraction of sp³-hybridized carbons (Fsp3) is 0.300. The maximum Gasteiger partial charge on any atom is 0.103 e. The van der Waals surface area contributed by atoms with Gasteiger partial charge in [-0.3, -0.25) is 14.9 Å². The van der Waals surface area contributed by atoms with Gasteiger partial charge in [0.25, 0.3) is 0 Å². The number of anilines is 2. The van der Waals surface area contributed by atoms with Crippen LogP contribution in [0, 0.1) is 25.2 Å². The van der Waals surface area contributed by atoms with Gasteiger partial charge in [0.15, 0.2) is 0 Å². The van der Waals surface area contributed by atoms with Gasteiger partial charge in [-0.15, -0.1) is 0 Å². The minimum absolute atomic E-state index is 0.505. The number of nitriles is 1. The number of hydrogen-bond donors (Lipinski definition) is 2. The van der Waals surface area contributed by atoms with Gasteiger partial charge in [-0.25, -0.2) is 0 Å². The number of hydrogen-bond acceptors (Lipinski definition) is 6. The largest absolute Gasteiger partial charge is 0.361 e. The monoisotopic (exact) mass is 491 g/mol. The molecule has 7 nitrogen and oxygen atoms in total. The highest BCUT2D eigenvalue weighted by Gasteiger charge is 2.14. The first-order valence-electron chi connectivity index (χ1n) is 12.8. The molecule has 37 heavy (non-hydrogen) atoms. The van der Waals surface area contributed by atoms with E-state index >= 15 is 0 Å². The second-order valence-corrected chi connectivity index (χ2v) is 9.82. The number of nitrogens with zero attached hydrogens (tertiary/aromatic N) is 5. The van der Waals surface area contributed by atoms with Gasteiger partial charge in [-0.05, 0) is 87.9 Å². The molecule has 0 bridgehead atoms. The van der Waals surface area contributed by atoms with Crippen molar-refractivity contribution in [2.24, 2.45) is 0 Å². The number of aromatic amines is 1. The molecule has 4 aromatic rings. The number of aryl methyl sites for hydroxylation is 2. The van der Waals surface area contributed by atoms with Crippen LogP contribution in [-0.2, 0) is 6.54 Å². The minimum atomic E-state index is 0.505. The van der Waals surface area contributed by atoms with E-state index in [2.05, 4.69) is 69.4 Å². The summed E-state index contributed by atoms with van der Waals surface area (Å²) >= 11 is 0. The third-order valence-corrected chi connectivity index (χ3v) is 7.19. The lowest BCUT2D eigenvalue weighted by Gasteiger charge is -2.19. The van der Waals surface area contributed by atoms with Crippen molar-refractivity contribution in [3.63, 3.8) is 0 Å². The number of fused-ring (bicyclic) bond motifs is 1. The van der Waals surface area contributed by atoms with Crippen molar-refractivity contribution < 1.29 is 0 Å². The molecule has 0 spiro atoms. The average Bonchev–Trinajstić information content (AvgIpc) is 3.30. The number of rotatable bonds is 6. The van der Waals surface area contributed by atoms with Gasteiger partial charge in [-0.1, -0.05) is 6.07 Å². The highest BCUT2D eigenvalue weighted by atomic mass is 15.2. The molecule has 3 aromatic heterocycles. The Labute approximate surface area is 218 Å². The van der Waals surface area contributed by atoms with Crippen molar-refractivity contribution in [2.75, 3.05) is 38.5 Å². The summed E-state index contributed by atoms with van der Waals surface area (Å²) < 4.78 is 0. The van der Waals surface area contributed by atoms with E-state index in [9.17, 15) is 5.26 Å². The quantitative estimate of drug-likeness (QED) is 0.371. The number of likely N-dealkylation sites (N-methyl/N-ethyl adjacent to an activating group) is 1. The SMILES string of the molecule is Cc1ncc(C#N)c(Nc2ccc3[nH]ccc3c2C)c1C=Cc1ccc(CN2CCCN(C)CC2)cn1. The summed E-state index contributed by atoms with van der Waals surface area (Å²) in [4.78, 5) is 17.3. The summed E-state index contributed by atoms with van der Waals surface area (Å²) in [6, 6.07) is 12.7. The molecule has 1 fully saturated rings. The summed E-state index contributed by atoms with van der Waals surface area (Å²) in [6.07, 6.45) is 10.7. The Bertz CT molecular complexity index is 1460. The molecule has 1 aromatic carbocycles. The van der Waals surface area contributed by atoms with Crippen molar-refractivity contribution in [3.05, 3.63) is 82.6 Å². The minimum Gasteiger partial charge on any atom is -0.361 e. The fourth-order valence-electron chi connectivity index (χ4n) is 4.91. The molecular weight excluding hydrogens is 458 g/mol. The predicted molar refractivity (Wildman–Crippen MR) is 151 cm³/mol. The standard InChI is InChI=1S/C30H33N7/c1-21-26-11-12-32-29(26)10-9-28(21)35-30-24(17-31)19-33-22(2)27(30)8-7-25-6-5-23(18-34-25)20-37-14-4-13-36(3)15-16-37/h5-12,18-19,32H,4,13-16,20H2,1-3H3,(H,33,35). The number of nitrogens with one attached hydrogen (secondary N) is 2. The molecule has 1 saturated heterocycles. The van der Waals surface area contributed by atoms with Gasteiger partial charge in [0.1, 0.15) is 6.07 Å². The molecule has 1 aliphatic rings. The molecule has 2 N–H and O–H groups in total. The number of pyridine rings is 2. The Hall–Kier alpha value is -3.99. The predicted octanol–water partition coefficient (Wildman–Crippen LogP) is 5.50. The topological polar surface area (TPSA) is 83.9 Å². The van der Waals surface area contributed by atoms with Gasteiger partial charge in [0.2, 0.25) is 0 Å². The van der Waals surface area contributed by atoms with E-state index in [4.69, 9.17) is 4.98 Å². The second-order valence-electron chi connectivity index (χ2n) is 9.82. The van der Waals surface area contributed by atoms with Crippen LogP contribution in [0.4, 0.5) is 11.4 Å². The van der Waals surface area contributed by atoms with E-state index in [1.165, 1.54) is 12.0 Å². The Morgan fingerprint density at radius 3 is 2.73 bits per heavy atom. The molecule has 0 unspecified atom stereocenters. The van der Waals surface area contributed by atoms with Crippen molar-refractivity contribution >= 4 is 34.4 Å². The van der Waals surface area contributed by atoms with Gasteiger partial charge in [-0.2, -0.15) is 5.26 Å². The normalized spacial score (nSPS) is 15.2. The van der Waals surface area contributed by atoms with E-state index in [-0.39, 0.29) is 0 Å². The Kier molecular flexibility index (Phi) is 7.31.